The molecule has 18 heavy (non-hydrogen) atoms. The Balaban J connectivity index is 1.70. The van der Waals surface area contributed by atoms with Crippen LogP contribution in [0.1, 0.15) is 29.3 Å². The van der Waals surface area contributed by atoms with Crippen LogP contribution in [-0.4, -0.2) is 4.98 Å². The number of nitrogens with zero attached hydrogens (tertiary/aromatic N) is 1. The van der Waals surface area contributed by atoms with Crippen molar-refractivity contribution in [2.45, 2.75) is 25.4 Å². The zero-order valence-corrected chi connectivity index (χ0v) is 10.1. The number of hydrogen-bond acceptors (Lipinski definition) is 2. The van der Waals surface area contributed by atoms with Gasteiger partial charge in [0.2, 0.25) is 0 Å². The second kappa shape index (κ2) is 4.86. The predicted molar refractivity (Wildman–Crippen MR) is 68.5 cm³/mol. The molecule has 1 atom stereocenters. The van der Waals surface area contributed by atoms with E-state index < -0.39 is 0 Å². The first-order valence-electron chi connectivity index (χ1n) is 6.24. The lowest BCUT2D eigenvalue weighted by Crippen LogP contribution is -2.19. The van der Waals surface area contributed by atoms with Gasteiger partial charge in [0.25, 0.3) is 0 Å². The zero-order chi connectivity index (χ0) is 12.4. The summed E-state index contributed by atoms with van der Waals surface area (Å²) in [6, 6.07) is 11.3. The molecule has 0 spiro atoms. The van der Waals surface area contributed by atoms with E-state index in [4.69, 9.17) is 0 Å². The van der Waals surface area contributed by atoms with Crippen molar-refractivity contribution in [1.82, 2.24) is 10.3 Å². The Morgan fingerprint density at radius 3 is 3.06 bits per heavy atom. The Labute approximate surface area is 106 Å². The van der Waals surface area contributed by atoms with E-state index in [-0.39, 0.29) is 5.82 Å². The Morgan fingerprint density at radius 2 is 2.22 bits per heavy atom. The van der Waals surface area contributed by atoms with Gasteiger partial charge < -0.3 is 5.32 Å². The van der Waals surface area contributed by atoms with E-state index >= 15 is 0 Å². The first-order chi connectivity index (χ1) is 8.83. The molecule has 3 rings (SSSR count). The minimum atomic E-state index is -0.140. The molecule has 1 aliphatic rings. The summed E-state index contributed by atoms with van der Waals surface area (Å²) in [5, 5.41) is 3.49. The Kier molecular flexibility index (Phi) is 3.07. The smallest absolute Gasteiger partial charge is 0.123 e. The quantitative estimate of drug-likeness (QED) is 0.895. The average Bonchev–Trinajstić information content (AvgIpc) is 2.80. The van der Waals surface area contributed by atoms with Crippen molar-refractivity contribution in [3.63, 3.8) is 0 Å². The van der Waals surface area contributed by atoms with E-state index in [1.807, 2.05) is 24.3 Å². The van der Waals surface area contributed by atoms with E-state index in [1.165, 1.54) is 5.56 Å². The predicted octanol–water partition coefficient (Wildman–Crippen LogP) is 3.00. The normalized spacial score (nSPS) is 17.7. The van der Waals surface area contributed by atoms with Gasteiger partial charge in [-0.2, -0.15) is 0 Å². The molecule has 1 aliphatic carbocycles. The van der Waals surface area contributed by atoms with Gasteiger partial charge in [0, 0.05) is 18.8 Å². The highest BCUT2D eigenvalue weighted by molar-refractivity contribution is 5.35. The van der Waals surface area contributed by atoms with Crippen LogP contribution in [0.2, 0.25) is 0 Å². The SMILES string of the molecule is Fc1ccc2c(c1)CCC2NCc1ccccn1. The van der Waals surface area contributed by atoms with E-state index in [9.17, 15) is 4.39 Å². The van der Waals surface area contributed by atoms with Gasteiger partial charge in [-0.15, -0.1) is 0 Å². The molecule has 0 amide bonds. The van der Waals surface area contributed by atoms with Crippen molar-refractivity contribution in [2.24, 2.45) is 0 Å². The molecule has 2 nitrogen and oxygen atoms in total. The lowest BCUT2D eigenvalue weighted by atomic mass is 10.1. The van der Waals surface area contributed by atoms with Crippen molar-refractivity contribution >= 4 is 0 Å². The summed E-state index contributed by atoms with van der Waals surface area (Å²) in [5.74, 6) is -0.140. The highest BCUT2D eigenvalue weighted by Crippen LogP contribution is 2.31. The van der Waals surface area contributed by atoms with Crippen LogP contribution < -0.4 is 5.32 Å². The van der Waals surface area contributed by atoms with Crippen LogP contribution in [0.3, 0.4) is 0 Å². The van der Waals surface area contributed by atoms with E-state index in [2.05, 4.69) is 10.3 Å². The fourth-order valence-electron chi connectivity index (χ4n) is 2.53. The van der Waals surface area contributed by atoms with Crippen molar-refractivity contribution in [3.8, 4) is 0 Å². The molecule has 1 unspecified atom stereocenters. The third-order valence-corrected chi connectivity index (χ3v) is 3.44. The van der Waals surface area contributed by atoms with E-state index in [0.717, 1.165) is 30.6 Å². The summed E-state index contributed by atoms with van der Waals surface area (Å²) in [7, 11) is 0. The molecule has 0 radical (unpaired) electrons. The molecular formula is C15H15FN2. The highest BCUT2D eigenvalue weighted by atomic mass is 19.1. The summed E-state index contributed by atoms with van der Waals surface area (Å²) >= 11 is 0. The molecule has 92 valence electrons. The van der Waals surface area contributed by atoms with Crippen LogP contribution in [0.4, 0.5) is 4.39 Å². The number of benzene rings is 1. The number of fused-ring (bicyclic) bond motifs is 1. The summed E-state index contributed by atoms with van der Waals surface area (Å²) in [4.78, 5) is 4.29. The highest BCUT2D eigenvalue weighted by Gasteiger charge is 2.22. The van der Waals surface area contributed by atoms with Crippen molar-refractivity contribution in [3.05, 3.63) is 65.2 Å². The van der Waals surface area contributed by atoms with Gasteiger partial charge in [-0.3, -0.25) is 4.98 Å². The second-order valence-electron chi connectivity index (χ2n) is 4.64. The Morgan fingerprint density at radius 1 is 1.28 bits per heavy atom. The molecule has 2 aromatic rings. The Bertz CT molecular complexity index is 539. The number of pyridine rings is 1. The molecule has 3 heteroatoms. The summed E-state index contributed by atoms with van der Waals surface area (Å²) in [6.07, 6.45) is 3.79. The van der Waals surface area contributed by atoms with Crippen LogP contribution in [0, 0.1) is 5.82 Å². The molecule has 0 fully saturated rings. The standard InChI is InChI=1S/C15H15FN2/c16-12-5-6-14-11(9-12)4-7-15(14)18-10-13-3-1-2-8-17-13/h1-3,5-6,8-9,15,18H,4,7,10H2. The van der Waals surface area contributed by atoms with Crippen molar-refractivity contribution < 1.29 is 4.39 Å². The first-order valence-corrected chi connectivity index (χ1v) is 6.24. The summed E-state index contributed by atoms with van der Waals surface area (Å²) < 4.78 is 13.1. The van der Waals surface area contributed by atoms with Gasteiger partial charge in [0.05, 0.1) is 5.69 Å². The van der Waals surface area contributed by atoms with Crippen molar-refractivity contribution in [2.75, 3.05) is 0 Å². The van der Waals surface area contributed by atoms with Crippen LogP contribution in [0.5, 0.6) is 0 Å². The number of hydrogen-bond donors (Lipinski definition) is 1. The lowest BCUT2D eigenvalue weighted by Gasteiger charge is -2.13. The maximum Gasteiger partial charge on any atom is 0.123 e. The van der Waals surface area contributed by atoms with Crippen LogP contribution in [0.15, 0.2) is 42.6 Å². The molecule has 0 saturated heterocycles. The summed E-state index contributed by atoms with van der Waals surface area (Å²) in [5.41, 5.74) is 3.40. The van der Waals surface area contributed by atoms with Gasteiger partial charge in [-0.25, -0.2) is 4.39 Å². The molecule has 0 bridgehead atoms. The third-order valence-electron chi connectivity index (χ3n) is 3.44. The largest absolute Gasteiger partial charge is 0.304 e. The molecule has 0 saturated carbocycles. The van der Waals surface area contributed by atoms with Crippen LogP contribution in [-0.2, 0) is 13.0 Å². The number of halogens is 1. The number of nitrogens with one attached hydrogen (secondary N) is 1. The van der Waals surface area contributed by atoms with E-state index in [0.29, 0.717) is 6.04 Å². The molecule has 0 aliphatic heterocycles. The van der Waals surface area contributed by atoms with Gasteiger partial charge in [-0.05, 0) is 48.2 Å². The minimum absolute atomic E-state index is 0.140. The van der Waals surface area contributed by atoms with Gasteiger partial charge in [0.15, 0.2) is 0 Å². The van der Waals surface area contributed by atoms with Gasteiger partial charge in [0.1, 0.15) is 5.82 Å². The molecule has 1 aromatic heterocycles. The molecule has 1 aromatic carbocycles. The number of rotatable bonds is 3. The molecular weight excluding hydrogens is 227 g/mol. The van der Waals surface area contributed by atoms with E-state index in [1.54, 1.807) is 18.3 Å². The monoisotopic (exact) mass is 242 g/mol. The summed E-state index contributed by atoms with van der Waals surface area (Å²) in [6.45, 7) is 0.752. The second-order valence-corrected chi connectivity index (χ2v) is 4.64. The zero-order valence-electron chi connectivity index (χ0n) is 10.1. The first kappa shape index (κ1) is 11.4. The maximum absolute atomic E-state index is 13.1. The average molecular weight is 242 g/mol. The molecule has 1 N–H and O–H groups in total. The minimum Gasteiger partial charge on any atom is -0.304 e. The number of aromatic nitrogens is 1. The fourth-order valence-corrected chi connectivity index (χ4v) is 2.53. The topological polar surface area (TPSA) is 24.9 Å². The van der Waals surface area contributed by atoms with Gasteiger partial charge in [-0.1, -0.05) is 12.1 Å². The van der Waals surface area contributed by atoms with Crippen LogP contribution >= 0.6 is 0 Å². The Hall–Kier alpha value is -1.74. The third kappa shape index (κ3) is 2.27. The lowest BCUT2D eigenvalue weighted by molar-refractivity contribution is 0.525. The maximum atomic E-state index is 13.1. The molecule has 1 heterocycles. The van der Waals surface area contributed by atoms with Crippen molar-refractivity contribution in [1.29, 1.82) is 0 Å². The fraction of sp³-hybridized carbons (Fsp3) is 0.267. The van der Waals surface area contributed by atoms with Gasteiger partial charge >= 0.3 is 0 Å². The number of aryl methyl sites for hydroxylation is 1. The van der Waals surface area contributed by atoms with Crippen LogP contribution in [0.25, 0.3) is 0 Å².